The van der Waals surface area contributed by atoms with Crippen LogP contribution >= 0.6 is 11.8 Å². The molecule has 0 saturated carbocycles. The molecule has 0 spiro atoms. The van der Waals surface area contributed by atoms with E-state index in [9.17, 15) is 10.2 Å². The number of hydrogen-bond acceptors (Lipinski definition) is 6. The van der Waals surface area contributed by atoms with Gasteiger partial charge in [0.25, 0.3) is 0 Å². The van der Waals surface area contributed by atoms with E-state index in [4.69, 9.17) is 9.47 Å². The lowest BCUT2D eigenvalue weighted by Crippen LogP contribution is -2.35. The summed E-state index contributed by atoms with van der Waals surface area (Å²) >= 11 is 1.68. The van der Waals surface area contributed by atoms with Crippen molar-refractivity contribution in [1.82, 2.24) is 4.90 Å². The minimum absolute atomic E-state index is 0.00731. The smallest absolute Gasteiger partial charge is 0.133 e. The van der Waals surface area contributed by atoms with Crippen molar-refractivity contribution < 1.29 is 19.7 Å². The summed E-state index contributed by atoms with van der Waals surface area (Å²) in [5.41, 5.74) is 1.01. The van der Waals surface area contributed by atoms with Gasteiger partial charge in [-0.15, -0.1) is 11.8 Å². The maximum Gasteiger partial charge on any atom is 0.133 e. The fourth-order valence-electron chi connectivity index (χ4n) is 4.84. The average molecular weight is 466 g/mol. The van der Waals surface area contributed by atoms with E-state index in [0.29, 0.717) is 12.6 Å². The summed E-state index contributed by atoms with van der Waals surface area (Å²) in [5, 5.41) is 20.0. The fraction of sp³-hybridized carbons (Fsp3) is 0.407. The number of nitrogens with zero attached hydrogens (tertiary/aromatic N) is 1. The highest BCUT2D eigenvalue weighted by atomic mass is 32.2. The van der Waals surface area contributed by atoms with Crippen LogP contribution < -0.4 is 4.74 Å². The molecule has 2 aliphatic heterocycles. The first-order chi connectivity index (χ1) is 16.1. The van der Waals surface area contributed by atoms with E-state index in [1.807, 2.05) is 18.2 Å². The molecule has 5 nitrogen and oxygen atoms in total. The van der Waals surface area contributed by atoms with Crippen LogP contribution in [0.1, 0.15) is 37.0 Å². The van der Waals surface area contributed by atoms with Gasteiger partial charge in [-0.1, -0.05) is 18.2 Å². The van der Waals surface area contributed by atoms with Crippen molar-refractivity contribution in [2.45, 2.75) is 48.5 Å². The van der Waals surface area contributed by atoms with Crippen LogP contribution in [-0.2, 0) is 4.74 Å². The standard InChI is InChI=1S/C27H31NO4S/c1-18(28-13-2-3-14-28)17-31-23-10-7-19(8-11-23)26-27(20-5-4-6-21(29)15-20)33-25-16-22(30)9-12-24(25)32-26/h4-7,9-12,15-16,18-19,26-27,29-30H,2-3,8,13-14,17H2,1H3/t18-,19?,26-,27+/m0/s1. The van der Waals surface area contributed by atoms with Crippen LogP contribution in [0.15, 0.2) is 71.3 Å². The Morgan fingerprint density at radius 3 is 2.70 bits per heavy atom. The lowest BCUT2D eigenvalue weighted by Gasteiger charge is -2.37. The van der Waals surface area contributed by atoms with Crippen LogP contribution in [0.5, 0.6) is 17.2 Å². The Morgan fingerprint density at radius 2 is 1.94 bits per heavy atom. The van der Waals surface area contributed by atoms with Gasteiger partial charge in [-0.3, -0.25) is 4.90 Å². The first-order valence-electron chi connectivity index (χ1n) is 11.8. The molecule has 0 aromatic heterocycles. The second-order valence-corrected chi connectivity index (χ2v) is 10.3. The molecule has 1 fully saturated rings. The van der Waals surface area contributed by atoms with Crippen LogP contribution in [0.2, 0.25) is 0 Å². The molecule has 2 aromatic carbocycles. The van der Waals surface area contributed by atoms with Crippen molar-refractivity contribution in [3.8, 4) is 17.2 Å². The van der Waals surface area contributed by atoms with Gasteiger partial charge in [-0.05, 0) is 87.3 Å². The zero-order valence-electron chi connectivity index (χ0n) is 18.9. The van der Waals surface area contributed by atoms with E-state index in [2.05, 4.69) is 30.1 Å². The highest BCUT2D eigenvalue weighted by molar-refractivity contribution is 7.99. The highest BCUT2D eigenvalue weighted by Crippen LogP contribution is 2.51. The number of benzene rings is 2. The Morgan fingerprint density at radius 1 is 1.12 bits per heavy atom. The number of likely N-dealkylation sites (tertiary alicyclic amines) is 1. The second kappa shape index (κ2) is 9.74. The molecule has 33 heavy (non-hydrogen) atoms. The second-order valence-electron chi connectivity index (χ2n) is 9.12. The number of phenols is 2. The number of hydrogen-bond donors (Lipinski definition) is 2. The van der Waals surface area contributed by atoms with Crippen molar-refractivity contribution in [1.29, 1.82) is 0 Å². The molecule has 6 heteroatoms. The van der Waals surface area contributed by atoms with Gasteiger partial charge >= 0.3 is 0 Å². The summed E-state index contributed by atoms with van der Waals surface area (Å²) < 4.78 is 12.6. The molecule has 4 atom stereocenters. The number of aromatic hydroxyl groups is 2. The Hall–Kier alpha value is -2.57. The molecule has 2 aromatic rings. The Balaban J connectivity index is 1.30. The summed E-state index contributed by atoms with van der Waals surface area (Å²) in [4.78, 5) is 3.41. The van der Waals surface area contributed by atoms with E-state index in [-0.39, 0.29) is 28.8 Å². The third-order valence-corrected chi connectivity index (χ3v) is 8.08. The van der Waals surface area contributed by atoms with Gasteiger partial charge < -0.3 is 19.7 Å². The summed E-state index contributed by atoms with van der Waals surface area (Å²) in [6, 6.07) is 13.1. The monoisotopic (exact) mass is 465 g/mol. The quantitative estimate of drug-likeness (QED) is 0.575. The summed E-state index contributed by atoms with van der Waals surface area (Å²) in [6.45, 7) is 5.30. The van der Waals surface area contributed by atoms with Gasteiger partial charge in [0.2, 0.25) is 0 Å². The number of phenolic OH excluding ortho intramolecular Hbond substituents is 2. The van der Waals surface area contributed by atoms with Gasteiger partial charge in [-0.2, -0.15) is 0 Å². The molecule has 0 bridgehead atoms. The largest absolute Gasteiger partial charge is 0.508 e. The Kier molecular flexibility index (Phi) is 6.56. The SMILES string of the molecule is C[C@@H](COC1=CCC([C@@H]2Oc3ccc(O)cc3S[C@@H]2c2cccc(O)c2)C=C1)N1CCCC1. The van der Waals surface area contributed by atoms with Gasteiger partial charge in [0.15, 0.2) is 0 Å². The molecule has 174 valence electrons. The fourth-order valence-corrected chi connectivity index (χ4v) is 6.21. The molecule has 0 amide bonds. The van der Waals surface area contributed by atoms with Crippen LogP contribution in [0.4, 0.5) is 0 Å². The molecule has 2 N–H and O–H groups in total. The highest BCUT2D eigenvalue weighted by Gasteiger charge is 2.37. The average Bonchev–Trinajstić information content (AvgIpc) is 3.37. The van der Waals surface area contributed by atoms with Crippen molar-refractivity contribution in [3.63, 3.8) is 0 Å². The first-order valence-corrected chi connectivity index (χ1v) is 12.7. The van der Waals surface area contributed by atoms with Crippen molar-refractivity contribution in [2.75, 3.05) is 19.7 Å². The van der Waals surface area contributed by atoms with Crippen molar-refractivity contribution in [2.24, 2.45) is 5.92 Å². The van der Waals surface area contributed by atoms with Crippen LogP contribution in [-0.4, -0.2) is 47.0 Å². The molecule has 5 rings (SSSR count). The maximum atomic E-state index is 10.1. The van der Waals surface area contributed by atoms with Gasteiger partial charge in [0, 0.05) is 12.0 Å². The van der Waals surface area contributed by atoms with E-state index in [0.717, 1.165) is 28.4 Å². The zero-order valence-corrected chi connectivity index (χ0v) is 19.7. The molecular formula is C27H31NO4S. The summed E-state index contributed by atoms with van der Waals surface area (Å²) in [7, 11) is 0. The summed E-state index contributed by atoms with van der Waals surface area (Å²) in [6.07, 6.45) is 9.74. The number of fused-ring (bicyclic) bond motifs is 1. The van der Waals surface area contributed by atoms with Gasteiger partial charge in [0.05, 0.1) is 10.1 Å². The molecule has 1 saturated heterocycles. The van der Waals surface area contributed by atoms with E-state index >= 15 is 0 Å². The van der Waals surface area contributed by atoms with Gasteiger partial charge in [0.1, 0.15) is 35.7 Å². The van der Waals surface area contributed by atoms with Crippen LogP contribution in [0.3, 0.4) is 0 Å². The number of thioether (sulfide) groups is 1. The number of ether oxygens (including phenoxy) is 2. The zero-order chi connectivity index (χ0) is 22.8. The summed E-state index contributed by atoms with van der Waals surface area (Å²) in [5.74, 6) is 2.37. The third-order valence-electron chi connectivity index (χ3n) is 6.72. The first kappa shape index (κ1) is 22.2. The normalized spacial score (nSPS) is 25.7. The minimum Gasteiger partial charge on any atom is -0.508 e. The molecule has 0 radical (unpaired) electrons. The molecule has 2 heterocycles. The Labute approximate surface area is 199 Å². The van der Waals surface area contributed by atoms with Crippen LogP contribution in [0, 0.1) is 5.92 Å². The minimum atomic E-state index is -0.105. The molecule has 1 aliphatic carbocycles. The molecule has 3 aliphatic rings. The predicted molar refractivity (Wildman–Crippen MR) is 131 cm³/mol. The lowest BCUT2D eigenvalue weighted by molar-refractivity contribution is 0.122. The number of allylic oxidation sites excluding steroid dienone is 2. The maximum absolute atomic E-state index is 10.1. The van der Waals surface area contributed by atoms with E-state index < -0.39 is 0 Å². The van der Waals surface area contributed by atoms with Crippen molar-refractivity contribution >= 4 is 11.8 Å². The topological polar surface area (TPSA) is 62.2 Å². The molecule has 1 unspecified atom stereocenters. The predicted octanol–water partition coefficient (Wildman–Crippen LogP) is 5.65. The molecular weight excluding hydrogens is 434 g/mol. The third kappa shape index (κ3) is 5.02. The van der Waals surface area contributed by atoms with Crippen LogP contribution in [0.25, 0.3) is 0 Å². The van der Waals surface area contributed by atoms with E-state index in [1.165, 1.54) is 25.9 Å². The Bertz CT molecular complexity index is 1050. The number of rotatable bonds is 6. The van der Waals surface area contributed by atoms with E-state index in [1.54, 1.807) is 36.0 Å². The van der Waals surface area contributed by atoms with Crippen molar-refractivity contribution in [3.05, 3.63) is 72.0 Å². The lowest BCUT2D eigenvalue weighted by atomic mass is 9.89. The van der Waals surface area contributed by atoms with Gasteiger partial charge in [-0.25, -0.2) is 0 Å².